The molecule has 0 saturated carbocycles. The Morgan fingerprint density at radius 1 is 1.04 bits per heavy atom. The molecule has 1 heterocycles. The molecule has 1 saturated heterocycles. The fraction of sp³-hybridized carbons (Fsp3) is 0.524. The summed E-state index contributed by atoms with van der Waals surface area (Å²) in [6, 6.07) is 10.8. The summed E-state index contributed by atoms with van der Waals surface area (Å²) in [6.45, 7) is 11.1. The number of sulfonamides is 1. The van der Waals surface area contributed by atoms with Crippen molar-refractivity contribution in [2.45, 2.75) is 69.5 Å². The molecule has 0 spiro atoms. The van der Waals surface area contributed by atoms with Gasteiger partial charge in [-0.25, -0.2) is 13.1 Å². The van der Waals surface area contributed by atoms with Crippen molar-refractivity contribution < 1.29 is 18.5 Å². The average molecular weight is 392 g/mol. The number of ether oxygens (including phenoxy) is 1. The molecule has 0 bridgehead atoms. The van der Waals surface area contributed by atoms with E-state index in [-0.39, 0.29) is 17.1 Å². The molecule has 0 amide bonds. The molecule has 1 aliphatic rings. The predicted molar refractivity (Wildman–Crippen MR) is 109 cm³/mol. The highest BCUT2D eigenvalue weighted by atomic mass is 32.2. The van der Waals surface area contributed by atoms with Crippen LogP contribution in [0, 0.1) is 0 Å². The summed E-state index contributed by atoms with van der Waals surface area (Å²) in [7, 11) is -3.64. The quantitative estimate of drug-likeness (QED) is 0.823. The van der Waals surface area contributed by atoms with Gasteiger partial charge in [0.05, 0.1) is 22.6 Å². The Bertz CT molecular complexity index is 920. The Kier molecular flexibility index (Phi) is 5.27. The first-order valence-electron chi connectivity index (χ1n) is 9.57. The molecule has 3 N–H and O–H groups in total. The lowest BCUT2D eigenvalue weighted by atomic mass is 9.80. The van der Waals surface area contributed by atoms with Crippen LogP contribution in [0.15, 0.2) is 41.3 Å². The second kappa shape index (κ2) is 7.08. The third kappa shape index (κ3) is 4.45. The first-order valence-corrected chi connectivity index (χ1v) is 11.1. The largest absolute Gasteiger partial charge is 0.493 e. The van der Waals surface area contributed by atoms with Crippen LogP contribution in [0.25, 0.3) is 10.8 Å². The second-order valence-corrected chi connectivity index (χ2v) is 10.6. The standard InChI is InChI=1S/C21H30N2O3S/c1-6-26-18-11-12-19(17-10-8-7-9-16(17)18)27(24,25)22-15-13-20(2,3)23-21(4,5)14-15/h7-12,15,22-23H,6,13-14H2,1-5H3/p+1. The van der Waals surface area contributed by atoms with Crippen LogP contribution in [-0.4, -0.2) is 32.1 Å². The molecule has 6 heteroatoms. The molecular formula is C21H31N2O3S+. The molecule has 3 rings (SSSR count). The zero-order valence-electron chi connectivity index (χ0n) is 16.9. The molecule has 2 aromatic rings. The number of hydrogen-bond donors (Lipinski definition) is 2. The molecule has 0 atom stereocenters. The fourth-order valence-corrected chi connectivity index (χ4v) is 6.09. The highest BCUT2D eigenvalue weighted by Crippen LogP contribution is 2.32. The van der Waals surface area contributed by atoms with Crippen LogP contribution in [0.4, 0.5) is 0 Å². The lowest BCUT2D eigenvalue weighted by Crippen LogP contribution is -3.06. The Balaban J connectivity index is 1.97. The smallest absolute Gasteiger partial charge is 0.241 e. The maximum atomic E-state index is 13.2. The number of fused-ring (bicyclic) bond motifs is 1. The number of benzene rings is 2. The Labute approximate surface area is 162 Å². The van der Waals surface area contributed by atoms with Gasteiger partial charge in [0.1, 0.15) is 5.75 Å². The van der Waals surface area contributed by atoms with E-state index in [0.29, 0.717) is 22.6 Å². The van der Waals surface area contributed by atoms with E-state index in [0.717, 1.165) is 18.2 Å². The van der Waals surface area contributed by atoms with Crippen LogP contribution in [0.2, 0.25) is 0 Å². The number of nitrogens with one attached hydrogen (secondary N) is 1. The van der Waals surface area contributed by atoms with Crippen molar-refractivity contribution in [1.29, 1.82) is 0 Å². The van der Waals surface area contributed by atoms with Gasteiger partial charge in [-0.3, -0.25) is 0 Å². The summed E-state index contributed by atoms with van der Waals surface area (Å²) in [5, 5.41) is 3.86. The van der Waals surface area contributed by atoms with Crippen molar-refractivity contribution in [1.82, 2.24) is 4.72 Å². The van der Waals surface area contributed by atoms with Crippen molar-refractivity contribution >= 4 is 20.8 Å². The topological polar surface area (TPSA) is 72.0 Å². The van der Waals surface area contributed by atoms with E-state index in [1.54, 1.807) is 12.1 Å². The molecule has 5 nitrogen and oxygen atoms in total. The summed E-state index contributed by atoms with van der Waals surface area (Å²) in [5.41, 5.74) is -0.00828. The summed E-state index contributed by atoms with van der Waals surface area (Å²) < 4.78 is 35.1. The summed E-state index contributed by atoms with van der Waals surface area (Å²) >= 11 is 0. The van der Waals surface area contributed by atoms with Gasteiger partial charge in [0.2, 0.25) is 10.0 Å². The van der Waals surface area contributed by atoms with E-state index < -0.39 is 10.0 Å². The number of nitrogens with two attached hydrogens (primary N) is 1. The van der Waals surface area contributed by atoms with Crippen LogP contribution in [0.3, 0.4) is 0 Å². The first kappa shape index (κ1) is 20.1. The SMILES string of the molecule is CCOc1ccc(S(=O)(=O)NC2CC(C)(C)[NH2+]C(C)(C)C2)c2ccccc12. The number of rotatable bonds is 5. The van der Waals surface area contributed by atoms with Gasteiger partial charge in [-0.1, -0.05) is 24.3 Å². The van der Waals surface area contributed by atoms with Gasteiger partial charge in [-0.2, -0.15) is 0 Å². The van der Waals surface area contributed by atoms with Crippen LogP contribution in [0.5, 0.6) is 5.75 Å². The van der Waals surface area contributed by atoms with Crippen LogP contribution >= 0.6 is 0 Å². The second-order valence-electron chi connectivity index (χ2n) is 8.89. The molecule has 2 aromatic carbocycles. The number of hydrogen-bond acceptors (Lipinski definition) is 3. The molecule has 0 aliphatic carbocycles. The fourth-order valence-electron chi connectivity index (χ4n) is 4.64. The van der Waals surface area contributed by atoms with Gasteiger partial charge in [0.15, 0.2) is 0 Å². The minimum atomic E-state index is -3.64. The zero-order chi connectivity index (χ0) is 19.9. The molecule has 0 radical (unpaired) electrons. The molecule has 0 aromatic heterocycles. The van der Waals surface area contributed by atoms with Crippen molar-refractivity contribution in [2.75, 3.05) is 6.61 Å². The zero-order valence-corrected chi connectivity index (χ0v) is 17.7. The Morgan fingerprint density at radius 3 is 2.22 bits per heavy atom. The van der Waals surface area contributed by atoms with Gasteiger partial charge in [-0.05, 0) is 46.8 Å². The molecular weight excluding hydrogens is 360 g/mol. The highest BCUT2D eigenvalue weighted by molar-refractivity contribution is 7.89. The van der Waals surface area contributed by atoms with Gasteiger partial charge in [-0.15, -0.1) is 0 Å². The van der Waals surface area contributed by atoms with Crippen molar-refractivity contribution in [3.8, 4) is 5.75 Å². The van der Waals surface area contributed by atoms with Gasteiger partial charge < -0.3 is 10.1 Å². The van der Waals surface area contributed by atoms with E-state index in [1.165, 1.54) is 0 Å². The summed E-state index contributed by atoms with van der Waals surface area (Å²) in [6.07, 6.45) is 1.59. The third-order valence-corrected chi connectivity index (χ3v) is 6.66. The Morgan fingerprint density at radius 2 is 1.63 bits per heavy atom. The average Bonchev–Trinajstić information content (AvgIpc) is 2.51. The van der Waals surface area contributed by atoms with Crippen molar-refractivity contribution in [2.24, 2.45) is 0 Å². The van der Waals surface area contributed by atoms with Crippen molar-refractivity contribution in [3.05, 3.63) is 36.4 Å². The summed E-state index contributed by atoms with van der Waals surface area (Å²) in [5.74, 6) is 0.710. The van der Waals surface area contributed by atoms with Gasteiger partial charge >= 0.3 is 0 Å². The minimum Gasteiger partial charge on any atom is -0.493 e. The van der Waals surface area contributed by atoms with E-state index in [2.05, 4.69) is 37.7 Å². The summed E-state index contributed by atoms with van der Waals surface area (Å²) in [4.78, 5) is 0.312. The monoisotopic (exact) mass is 391 g/mol. The molecule has 1 aliphatic heterocycles. The molecule has 0 unspecified atom stereocenters. The van der Waals surface area contributed by atoms with Gasteiger partial charge in [0, 0.05) is 29.7 Å². The third-order valence-electron chi connectivity index (χ3n) is 5.08. The maximum Gasteiger partial charge on any atom is 0.241 e. The Hall–Kier alpha value is -1.63. The number of quaternary nitrogens is 1. The van der Waals surface area contributed by atoms with E-state index in [1.807, 2.05) is 31.2 Å². The highest BCUT2D eigenvalue weighted by Gasteiger charge is 2.43. The number of piperidine rings is 1. The maximum absolute atomic E-state index is 13.2. The lowest BCUT2D eigenvalue weighted by Gasteiger charge is -2.43. The van der Waals surface area contributed by atoms with E-state index in [9.17, 15) is 8.42 Å². The van der Waals surface area contributed by atoms with E-state index >= 15 is 0 Å². The molecule has 27 heavy (non-hydrogen) atoms. The van der Waals surface area contributed by atoms with Crippen LogP contribution in [0.1, 0.15) is 47.5 Å². The predicted octanol–water partition coefficient (Wildman–Crippen LogP) is 2.80. The van der Waals surface area contributed by atoms with Crippen molar-refractivity contribution in [3.63, 3.8) is 0 Å². The van der Waals surface area contributed by atoms with E-state index in [4.69, 9.17) is 4.74 Å². The van der Waals surface area contributed by atoms with Crippen LogP contribution < -0.4 is 14.8 Å². The van der Waals surface area contributed by atoms with Crippen LogP contribution in [-0.2, 0) is 10.0 Å². The molecule has 148 valence electrons. The first-order chi connectivity index (χ1) is 12.5. The normalized spacial score (nSPS) is 19.9. The lowest BCUT2D eigenvalue weighted by molar-refractivity contribution is -0.787. The molecule has 1 fully saturated rings. The van der Waals surface area contributed by atoms with Gasteiger partial charge in [0.25, 0.3) is 0 Å². The minimum absolute atomic E-state index is 0.00414.